The number of aryl methyl sites for hydroxylation is 1. The molecule has 0 aliphatic rings. The highest BCUT2D eigenvalue weighted by molar-refractivity contribution is 6.27. The fraction of sp³-hybridized carbons (Fsp3) is 0.292. The van der Waals surface area contributed by atoms with Gasteiger partial charge in [0.15, 0.2) is 6.29 Å². The lowest BCUT2D eigenvalue weighted by Gasteiger charge is -2.32. The standard InChI is InChI=1S/C24H24F4N4O2/c1-23(2,30-22(21(34)13-33)29-14-24(26,27)28)17-6-4-5-16(11-17)20-12-19(31-32(20)3)15-7-9-18(25)10-8-15/h4-13,22,29-30H,14H2,1-3H3. The third kappa shape index (κ3) is 6.15. The Balaban J connectivity index is 1.88. The van der Waals surface area contributed by atoms with Crippen LogP contribution in [0, 0.1) is 5.82 Å². The Morgan fingerprint density at radius 3 is 2.38 bits per heavy atom. The molecule has 2 N–H and O–H groups in total. The van der Waals surface area contributed by atoms with Crippen LogP contribution in [0.5, 0.6) is 0 Å². The summed E-state index contributed by atoms with van der Waals surface area (Å²) in [7, 11) is 1.76. The van der Waals surface area contributed by atoms with E-state index in [0.717, 1.165) is 16.8 Å². The molecule has 0 fully saturated rings. The highest BCUT2D eigenvalue weighted by atomic mass is 19.4. The second-order valence-corrected chi connectivity index (χ2v) is 8.34. The molecule has 0 saturated carbocycles. The fourth-order valence-electron chi connectivity index (χ4n) is 3.52. The summed E-state index contributed by atoms with van der Waals surface area (Å²) in [6.45, 7) is 1.96. The summed E-state index contributed by atoms with van der Waals surface area (Å²) < 4.78 is 52.8. The van der Waals surface area contributed by atoms with Crippen molar-refractivity contribution in [3.8, 4) is 22.5 Å². The second kappa shape index (κ2) is 9.86. The molecular weight excluding hydrogens is 452 g/mol. The molecule has 1 unspecified atom stereocenters. The number of halogens is 4. The number of rotatable bonds is 9. The lowest BCUT2D eigenvalue weighted by Crippen LogP contribution is -2.57. The summed E-state index contributed by atoms with van der Waals surface area (Å²) in [5, 5.41) is 9.36. The van der Waals surface area contributed by atoms with Gasteiger partial charge in [0.05, 0.1) is 17.9 Å². The zero-order chi connectivity index (χ0) is 25.1. The molecule has 2 aromatic carbocycles. The van der Waals surface area contributed by atoms with Gasteiger partial charge in [-0.05, 0) is 55.8 Å². The maximum Gasteiger partial charge on any atom is 0.401 e. The summed E-state index contributed by atoms with van der Waals surface area (Å²) in [6, 6.07) is 15.0. The zero-order valence-electron chi connectivity index (χ0n) is 18.8. The van der Waals surface area contributed by atoms with Gasteiger partial charge >= 0.3 is 6.18 Å². The Morgan fingerprint density at radius 1 is 1.09 bits per heavy atom. The van der Waals surface area contributed by atoms with Gasteiger partial charge in [-0.1, -0.05) is 18.2 Å². The second-order valence-electron chi connectivity index (χ2n) is 8.34. The molecule has 0 aliphatic heterocycles. The molecule has 0 saturated heterocycles. The molecule has 0 spiro atoms. The lowest BCUT2D eigenvalue weighted by molar-refractivity contribution is -0.137. The first-order valence-electron chi connectivity index (χ1n) is 10.4. The van der Waals surface area contributed by atoms with Crippen LogP contribution in [0.3, 0.4) is 0 Å². The number of benzene rings is 2. The topological polar surface area (TPSA) is 76.0 Å². The summed E-state index contributed by atoms with van der Waals surface area (Å²) in [5.74, 6) is -1.39. The van der Waals surface area contributed by atoms with E-state index in [0.29, 0.717) is 11.3 Å². The number of aromatic nitrogens is 2. The summed E-state index contributed by atoms with van der Waals surface area (Å²) in [6.07, 6.45) is -6.07. The number of hydrogen-bond acceptors (Lipinski definition) is 5. The van der Waals surface area contributed by atoms with Gasteiger partial charge in [0.1, 0.15) is 12.0 Å². The minimum atomic E-state index is -4.55. The number of nitrogens with one attached hydrogen (secondary N) is 2. The van der Waals surface area contributed by atoms with Gasteiger partial charge in [-0.3, -0.25) is 24.9 Å². The molecule has 1 atom stereocenters. The molecule has 0 radical (unpaired) electrons. The first-order valence-corrected chi connectivity index (χ1v) is 10.4. The van der Waals surface area contributed by atoms with Gasteiger partial charge in [-0.25, -0.2) is 4.39 Å². The van der Waals surface area contributed by atoms with Crippen molar-refractivity contribution in [3.63, 3.8) is 0 Å². The zero-order valence-corrected chi connectivity index (χ0v) is 18.8. The van der Waals surface area contributed by atoms with Crippen LogP contribution in [0.25, 0.3) is 22.5 Å². The first-order chi connectivity index (χ1) is 15.9. The third-order valence-corrected chi connectivity index (χ3v) is 5.31. The smallest absolute Gasteiger partial charge is 0.294 e. The highest BCUT2D eigenvalue weighted by Crippen LogP contribution is 2.29. The van der Waals surface area contributed by atoms with Crippen LogP contribution in [-0.2, 0) is 22.2 Å². The minimum absolute atomic E-state index is 0.0137. The Bertz CT molecular complexity index is 1170. The van der Waals surface area contributed by atoms with Gasteiger partial charge < -0.3 is 0 Å². The Hall–Kier alpha value is -3.37. The summed E-state index contributed by atoms with van der Waals surface area (Å²) in [4.78, 5) is 22.9. The minimum Gasteiger partial charge on any atom is -0.294 e. The van der Waals surface area contributed by atoms with Crippen LogP contribution < -0.4 is 10.6 Å². The molecule has 180 valence electrons. The molecule has 1 aromatic heterocycles. The van der Waals surface area contributed by atoms with Crippen molar-refractivity contribution in [1.82, 2.24) is 20.4 Å². The molecule has 34 heavy (non-hydrogen) atoms. The average molecular weight is 476 g/mol. The van der Waals surface area contributed by atoms with Crippen LogP contribution >= 0.6 is 0 Å². The van der Waals surface area contributed by atoms with E-state index >= 15 is 0 Å². The van der Waals surface area contributed by atoms with Crippen molar-refractivity contribution in [2.24, 2.45) is 7.05 Å². The number of hydrogen-bond donors (Lipinski definition) is 2. The van der Waals surface area contributed by atoms with E-state index in [1.165, 1.54) is 12.1 Å². The number of carbonyl (C=O) groups excluding carboxylic acids is 2. The van der Waals surface area contributed by atoms with Gasteiger partial charge in [0.25, 0.3) is 0 Å². The van der Waals surface area contributed by atoms with Gasteiger partial charge in [-0.15, -0.1) is 0 Å². The van der Waals surface area contributed by atoms with Crippen molar-refractivity contribution < 1.29 is 27.2 Å². The van der Waals surface area contributed by atoms with E-state index < -0.39 is 30.2 Å². The van der Waals surface area contributed by atoms with E-state index in [1.807, 2.05) is 18.2 Å². The molecule has 6 nitrogen and oxygen atoms in total. The maximum absolute atomic E-state index is 13.2. The molecule has 0 aliphatic carbocycles. The van der Waals surface area contributed by atoms with Crippen molar-refractivity contribution in [1.29, 1.82) is 0 Å². The molecule has 1 heterocycles. The quantitative estimate of drug-likeness (QED) is 0.212. The largest absolute Gasteiger partial charge is 0.401 e. The highest BCUT2D eigenvalue weighted by Gasteiger charge is 2.33. The van der Waals surface area contributed by atoms with E-state index in [1.54, 1.807) is 49.8 Å². The Kier molecular flexibility index (Phi) is 7.32. The molecule has 3 aromatic rings. The van der Waals surface area contributed by atoms with Gasteiger partial charge in [-0.2, -0.15) is 18.3 Å². The molecule has 10 heteroatoms. The first kappa shape index (κ1) is 25.3. The van der Waals surface area contributed by atoms with Crippen LogP contribution in [0.2, 0.25) is 0 Å². The van der Waals surface area contributed by atoms with Crippen LogP contribution in [0.1, 0.15) is 19.4 Å². The Labute approximate surface area is 194 Å². The van der Waals surface area contributed by atoms with Crippen LogP contribution in [0.15, 0.2) is 54.6 Å². The molecule has 3 rings (SSSR count). The fourth-order valence-corrected chi connectivity index (χ4v) is 3.52. The van der Waals surface area contributed by atoms with Crippen molar-refractivity contribution in [2.45, 2.75) is 31.7 Å². The normalized spacial score (nSPS) is 13.0. The maximum atomic E-state index is 13.2. The Morgan fingerprint density at radius 2 is 1.76 bits per heavy atom. The van der Waals surface area contributed by atoms with Crippen molar-refractivity contribution >= 4 is 12.1 Å². The number of ketones is 1. The van der Waals surface area contributed by atoms with E-state index in [9.17, 15) is 27.2 Å². The van der Waals surface area contributed by atoms with Gasteiger partial charge in [0.2, 0.25) is 5.78 Å². The van der Waals surface area contributed by atoms with E-state index in [2.05, 4.69) is 15.7 Å². The number of aldehydes is 1. The number of alkyl halides is 3. The van der Waals surface area contributed by atoms with Gasteiger partial charge in [0, 0.05) is 23.7 Å². The van der Waals surface area contributed by atoms with E-state index in [4.69, 9.17) is 0 Å². The number of carbonyl (C=O) groups is 2. The van der Waals surface area contributed by atoms with Crippen LogP contribution in [-0.4, -0.2) is 40.7 Å². The average Bonchev–Trinajstić information content (AvgIpc) is 3.17. The third-order valence-electron chi connectivity index (χ3n) is 5.31. The van der Waals surface area contributed by atoms with Crippen molar-refractivity contribution in [2.75, 3.05) is 6.54 Å². The predicted molar refractivity (Wildman–Crippen MR) is 119 cm³/mol. The molecular formula is C24H24F4N4O2. The monoisotopic (exact) mass is 476 g/mol. The molecule has 0 amide bonds. The number of Topliss-reactive ketones (excluding diaryl/α,β-unsaturated/α-hetero) is 1. The summed E-state index contributed by atoms with van der Waals surface area (Å²) >= 11 is 0. The number of nitrogens with zero attached hydrogens (tertiary/aromatic N) is 2. The molecule has 0 bridgehead atoms. The van der Waals surface area contributed by atoms with E-state index in [-0.39, 0.29) is 12.1 Å². The predicted octanol–water partition coefficient (Wildman–Crippen LogP) is 3.96. The SMILES string of the molecule is Cn1nc(-c2ccc(F)cc2)cc1-c1cccc(C(C)(C)NC(NCC(F)(F)F)C(=O)C=O)c1. The lowest BCUT2D eigenvalue weighted by atomic mass is 9.91. The van der Waals surface area contributed by atoms with Crippen LogP contribution in [0.4, 0.5) is 17.6 Å². The summed E-state index contributed by atoms with van der Waals surface area (Å²) in [5.41, 5.74) is 2.62. The van der Waals surface area contributed by atoms with Crippen molar-refractivity contribution in [3.05, 3.63) is 66.0 Å².